The van der Waals surface area contributed by atoms with Crippen molar-refractivity contribution >= 4 is 11.9 Å². The lowest BCUT2D eigenvalue weighted by molar-refractivity contribution is -0.141. The van der Waals surface area contributed by atoms with Gasteiger partial charge in [-0.15, -0.1) is 0 Å². The van der Waals surface area contributed by atoms with Crippen molar-refractivity contribution < 1.29 is 14.7 Å². The number of carbonyl (C=O) groups is 2. The fourth-order valence-electron chi connectivity index (χ4n) is 4.58. The van der Waals surface area contributed by atoms with Gasteiger partial charge in [0.15, 0.2) is 0 Å². The maximum absolute atomic E-state index is 13.4. The minimum atomic E-state index is -0.875. The first-order chi connectivity index (χ1) is 12.7. The first-order valence-electron chi connectivity index (χ1n) is 9.38. The van der Waals surface area contributed by atoms with E-state index in [9.17, 15) is 14.7 Å². The van der Waals surface area contributed by atoms with Crippen molar-refractivity contribution in [3.05, 3.63) is 71.3 Å². The molecule has 2 aromatic carbocycles. The molecule has 134 valence electrons. The van der Waals surface area contributed by atoms with Crippen molar-refractivity contribution in [2.45, 2.75) is 50.1 Å². The second kappa shape index (κ2) is 6.94. The number of amides is 1. The molecule has 0 saturated heterocycles. The summed E-state index contributed by atoms with van der Waals surface area (Å²) < 4.78 is 0. The van der Waals surface area contributed by atoms with Crippen LogP contribution in [0.3, 0.4) is 0 Å². The Morgan fingerprint density at radius 3 is 2.27 bits per heavy atom. The molecule has 1 amide bonds. The number of carboxylic acid groups (broad SMARTS) is 1. The number of carbonyl (C=O) groups excluding carboxylic acids is 1. The Morgan fingerprint density at radius 1 is 0.923 bits per heavy atom. The van der Waals surface area contributed by atoms with E-state index in [1.807, 2.05) is 47.4 Å². The molecule has 1 saturated carbocycles. The van der Waals surface area contributed by atoms with Crippen LogP contribution >= 0.6 is 0 Å². The standard InChI is InChI=1S/C22H23NO3/c24-21-18-14-8-7-13-17(18)19(22(25)26)20(15-9-3-1-4-10-15)23(21)16-11-5-2-6-12-16/h1,3-4,7-10,13-14,16,19-20H,2,5-6,11-12H2,(H,25,26)/t19-,20+/m1/s1. The molecule has 2 atom stereocenters. The van der Waals surface area contributed by atoms with Crippen molar-refractivity contribution in [3.63, 3.8) is 0 Å². The van der Waals surface area contributed by atoms with Crippen LogP contribution in [0.15, 0.2) is 54.6 Å². The van der Waals surface area contributed by atoms with E-state index in [2.05, 4.69) is 0 Å². The van der Waals surface area contributed by atoms with Crippen molar-refractivity contribution in [2.75, 3.05) is 0 Å². The van der Waals surface area contributed by atoms with Crippen LogP contribution in [0.5, 0.6) is 0 Å². The molecule has 4 heteroatoms. The topological polar surface area (TPSA) is 57.6 Å². The highest BCUT2D eigenvalue weighted by molar-refractivity contribution is 6.00. The first-order valence-corrected chi connectivity index (χ1v) is 9.38. The number of benzene rings is 2. The Balaban J connectivity index is 1.89. The summed E-state index contributed by atoms with van der Waals surface area (Å²) >= 11 is 0. The lowest BCUT2D eigenvalue weighted by Crippen LogP contribution is -2.50. The van der Waals surface area contributed by atoms with Crippen LogP contribution in [0, 0.1) is 0 Å². The third-order valence-corrected chi connectivity index (χ3v) is 5.75. The molecule has 26 heavy (non-hydrogen) atoms. The quantitative estimate of drug-likeness (QED) is 0.894. The molecule has 1 fully saturated rings. The number of hydrogen-bond donors (Lipinski definition) is 1. The van der Waals surface area contributed by atoms with E-state index in [0.717, 1.165) is 31.2 Å². The van der Waals surface area contributed by atoms with Gasteiger partial charge in [-0.05, 0) is 30.0 Å². The second-order valence-corrected chi connectivity index (χ2v) is 7.26. The van der Waals surface area contributed by atoms with Gasteiger partial charge >= 0.3 is 5.97 Å². The van der Waals surface area contributed by atoms with Crippen molar-refractivity contribution in [1.82, 2.24) is 4.90 Å². The van der Waals surface area contributed by atoms with Crippen LogP contribution in [0.2, 0.25) is 0 Å². The fraction of sp³-hybridized carbons (Fsp3) is 0.364. The van der Waals surface area contributed by atoms with E-state index in [4.69, 9.17) is 0 Å². The molecule has 0 radical (unpaired) electrons. The smallest absolute Gasteiger partial charge is 0.313 e. The number of fused-ring (bicyclic) bond motifs is 1. The van der Waals surface area contributed by atoms with Crippen molar-refractivity contribution in [2.24, 2.45) is 0 Å². The minimum Gasteiger partial charge on any atom is -0.481 e. The molecular weight excluding hydrogens is 326 g/mol. The lowest BCUT2D eigenvalue weighted by Gasteiger charge is -2.46. The lowest BCUT2D eigenvalue weighted by atomic mass is 9.77. The second-order valence-electron chi connectivity index (χ2n) is 7.26. The molecule has 1 heterocycles. The van der Waals surface area contributed by atoms with Gasteiger partial charge in [-0.2, -0.15) is 0 Å². The molecule has 0 unspecified atom stereocenters. The molecule has 0 spiro atoms. The summed E-state index contributed by atoms with van der Waals surface area (Å²) in [4.78, 5) is 27.6. The molecule has 0 aromatic heterocycles. The zero-order chi connectivity index (χ0) is 18.1. The molecule has 1 N–H and O–H groups in total. The van der Waals surface area contributed by atoms with Crippen LogP contribution in [-0.4, -0.2) is 27.9 Å². The number of carboxylic acids is 1. The van der Waals surface area contributed by atoms with Crippen molar-refractivity contribution in [1.29, 1.82) is 0 Å². The Kier molecular flexibility index (Phi) is 4.49. The third-order valence-electron chi connectivity index (χ3n) is 5.75. The Bertz CT molecular complexity index is 811. The van der Waals surface area contributed by atoms with Gasteiger partial charge in [0.2, 0.25) is 0 Å². The predicted molar refractivity (Wildman–Crippen MR) is 99.0 cm³/mol. The monoisotopic (exact) mass is 349 g/mol. The normalized spacial score (nSPS) is 23.5. The molecule has 0 bridgehead atoms. The highest BCUT2D eigenvalue weighted by Gasteiger charge is 2.46. The van der Waals surface area contributed by atoms with Gasteiger partial charge in [-0.1, -0.05) is 67.8 Å². The summed E-state index contributed by atoms with van der Waals surface area (Å²) in [6, 6.07) is 16.5. The summed E-state index contributed by atoms with van der Waals surface area (Å²) in [6.07, 6.45) is 5.27. The number of rotatable bonds is 3. The predicted octanol–water partition coefficient (Wildman–Crippen LogP) is 4.38. The molecular formula is C22H23NO3. The Labute approximate surface area is 153 Å². The van der Waals surface area contributed by atoms with Gasteiger partial charge in [0.1, 0.15) is 5.92 Å². The number of aliphatic carboxylic acids is 1. The van der Waals surface area contributed by atoms with E-state index >= 15 is 0 Å². The van der Waals surface area contributed by atoms with Gasteiger partial charge in [0, 0.05) is 11.6 Å². The molecule has 2 aliphatic rings. The SMILES string of the molecule is O=C(O)[C@@H]1c2ccccc2C(=O)N(C2CCCCC2)[C@H]1c1ccccc1. The highest BCUT2D eigenvalue weighted by atomic mass is 16.4. The number of nitrogens with zero attached hydrogens (tertiary/aromatic N) is 1. The van der Waals surface area contributed by atoms with Gasteiger partial charge in [-0.25, -0.2) is 0 Å². The average molecular weight is 349 g/mol. The van der Waals surface area contributed by atoms with Crippen LogP contribution < -0.4 is 0 Å². The van der Waals surface area contributed by atoms with Gasteiger partial charge in [-0.3, -0.25) is 9.59 Å². The Hall–Kier alpha value is -2.62. The summed E-state index contributed by atoms with van der Waals surface area (Å²) in [6.45, 7) is 0. The zero-order valence-corrected chi connectivity index (χ0v) is 14.7. The van der Waals surface area contributed by atoms with Gasteiger partial charge in [0.05, 0.1) is 6.04 Å². The largest absolute Gasteiger partial charge is 0.481 e. The average Bonchev–Trinajstić information content (AvgIpc) is 2.69. The summed E-state index contributed by atoms with van der Waals surface area (Å²) in [5.41, 5.74) is 2.07. The maximum Gasteiger partial charge on any atom is 0.313 e. The van der Waals surface area contributed by atoms with Crippen LogP contribution in [0.4, 0.5) is 0 Å². The van der Waals surface area contributed by atoms with E-state index in [-0.39, 0.29) is 11.9 Å². The minimum absolute atomic E-state index is 0.0288. The van der Waals surface area contributed by atoms with Crippen LogP contribution in [-0.2, 0) is 4.79 Å². The highest BCUT2D eigenvalue weighted by Crippen LogP contribution is 2.45. The molecule has 4 rings (SSSR count). The van der Waals surface area contributed by atoms with E-state index in [0.29, 0.717) is 11.1 Å². The number of hydrogen-bond acceptors (Lipinski definition) is 2. The molecule has 4 nitrogen and oxygen atoms in total. The molecule has 2 aromatic rings. The van der Waals surface area contributed by atoms with Gasteiger partial charge < -0.3 is 10.0 Å². The van der Waals surface area contributed by atoms with Crippen LogP contribution in [0.25, 0.3) is 0 Å². The summed E-state index contributed by atoms with van der Waals surface area (Å²) in [7, 11) is 0. The molecule has 1 aliphatic heterocycles. The van der Waals surface area contributed by atoms with Crippen LogP contribution in [0.1, 0.15) is 65.5 Å². The van der Waals surface area contributed by atoms with E-state index < -0.39 is 17.9 Å². The zero-order valence-electron chi connectivity index (χ0n) is 14.7. The van der Waals surface area contributed by atoms with Crippen molar-refractivity contribution in [3.8, 4) is 0 Å². The van der Waals surface area contributed by atoms with Gasteiger partial charge in [0.25, 0.3) is 5.91 Å². The first kappa shape index (κ1) is 16.8. The summed E-state index contributed by atoms with van der Waals surface area (Å²) in [5.74, 6) is -1.65. The fourth-order valence-corrected chi connectivity index (χ4v) is 4.58. The Morgan fingerprint density at radius 2 is 1.58 bits per heavy atom. The maximum atomic E-state index is 13.4. The molecule has 1 aliphatic carbocycles. The third kappa shape index (κ3) is 2.79. The summed E-state index contributed by atoms with van der Waals surface area (Å²) in [5, 5.41) is 10.1. The van der Waals surface area contributed by atoms with E-state index in [1.54, 1.807) is 12.1 Å². The van der Waals surface area contributed by atoms with E-state index in [1.165, 1.54) is 6.42 Å².